The fourth-order valence-electron chi connectivity index (χ4n) is 7.87. The first-order valence-electron chi connectivity index (χ1n) is 16.0. The Morgan fingerprint density at radius 2 is 1.89 bits per heavy atom. The minimum atomic E-state index is -0.551. The molecule has 0 amide bonds. The van der Waals surface area contributed by atoms with Crippen LogP contribution in [0.5, 0.6) is 0 Å². The molecule has 0 saturated heterocycles. The number of esters is 1. The molecular formula is C35H58O3. The molecule has 0 spiro atoms. The van der Waals surface area contributed by atoms with E-state index in [0.29, 0.717) is 23.7 Å². The third-order valence-corrected chi connectivity index (χ3v) is 10.1. The molecule has 0 aromatic heterocycles. The number of unbranched alkanes of at least 4 members (excludes halogenated alkanes) is 4. The number of rotatable bonds is 13. The van der Waals surface area contributed by atoms with Crippen LogP contribution in [0.4, 0.5) is 0 Å². The van der Waals surface area contributed by atoms with Gasteiger partial charge in [-0.15, -0.1) is 0 Å². The van der Waals surface area contributed by atoms with Crippen LogP contribution in [0, 0.1) is 23.2 Å². The molecule has 0 aliphatic heterocycles. The number of carbonyl (C=O) groups excluding carboxylic acids is 1. The molecule has 0 bridgehead atoms. The van der Waals surface area contributed by atoms with Crippen LogP contribution in [0.15, 0.2) is 35.5 Å². The summed E-state index contributed by atoms with van der Waals surface area (Å²) in [5, 5.41) is 10.1. The second-order valence-corrected chi connectivity index (χ2v) is 13.8. The highest BCUT2D eigenvalue weighted by molar-refractivity contribution is 5.69. The van der Waals surface area contributed by atoms with E-state index in [4.69, 9.17) is 4.74 Å². The van der Waals surface area contributed by atoms with Crippen LogP contribution in [0.1, 0.15) is 144 Å². The van der Waals surface area contributed by atoms with Gasteiger partial charge in [-0.05, 0) is 100 Å². The van der Waals surface area contributed by atoms with E-state index in [0.717, 1.165) is 50.9 Å². The molecule has 0 heterocycles. The fourth-order valence-corrected chi connectivity index (χ4v) is 7.87. The Bertz CT molecular complexity index is 844. The molecule has 0 aromatic rings. The van der Waals surface area contributed by atoms with Gasteiger partial charge < -0.3 is 9.84 Å². The minimum absolute atomic E-state index is 0.00511. The van der Waals surface area contributed by atoms with Gasteiger partial charge in [0.15, 0.2) is 0 Å². The van der Waals surface area contributed by atoms with Gasteiger partial charge in [0.25, 0.3) is 0 Å². The van der Waals surface area contributed by atoms with Gasteiger partial charge in [-0.1, -0.05) is 89.2 Å². The lowest BCUT2D eigenvalue weighted by atomic mass is 9.60. The maximum Gasteiger partial charge on any atom is 0.306 e. The molecule has 3 aliphatic rings. The number of allylic oxidation sites excluding steroid dienone is 4. The molecule has 3 fully saturated rings. The third kappa shape index (κ3) is 8.83. The Balaban J connectivity index is 1.57. The van der Waals surface area contributed by atoms with Crippen molar-refractivity contribution in [3.8, 4) is 0 Å². The lowest BCUT2D eigenvalue weighted by Gasteiger charge is -2.44. The fraction of sp³-hybridized carbons (Fsp3) is 0.800. The summed E-state index contributed by atoms with van der Waals surface area (Å²) in [6.07, 6.45) is 23.5. The lowest BCUT2D eigenvalue weighted by molar-refractivity contribution is -0.149. The van der Waals surface area contributed by atoms with E-state index >= 15 is 0 Å². The highest BCUT2D eigenvalue weighted by Crippen LogP contribution is 2.60. The molecule has 0 radical (unpaired) electrons. The van der Waals surface area contributed by atoms with E-state index in [1.165, 1.54) is 68.9 Å². The van der Waals surface area contributed by atoms with Crippen molar-refractivity contribution in [3.05, 3.63) is 35.5 Å². The van der Waals surface area contributed by atoms with Gasteiger partial charge in [-0.3, -0.25) is 4.79 Å². The second-order valence-electron chi connectivity index (χ2n) is 13.8. The highest BCUT2D eigenvalue weighted by atomic mass is 16.5. The molecule has 0 aromatic carbocycles. The maximum absolute atomic E-state index is 12.4. The summed E-state index contributed by atoms with van der Waals surface area (Å²) >= 11 is 0. The van der Waals surface area contributed by atoms with Crippen LogP contribution < -0.4 is 0 Å². The van der Waals surface area contributed by atoms with Gasteiger partial charge >= 0.3 is 5.97 Å². The minimum Gasteiger partial charge on any atom is -0.462 e. The van der Waals surface area contributed by atoms with Crippen LogP contribution in [0.2, 0.25) is 0 Å². The monoisotopic (exact) mass is 526 g/mol. The normalized spacial score (nSPS) is 31.0. The van der Waals surface area contributed by atoms with E-state index in [-0.39, 0.29) is 12.1 Å². The predicted octanol–water partition coefficient (Wildman–Crippen LogP) is 9.65. The summed E-state index contributed by atoms with van der Waals surface area (Å²) in [7, 11) is 0. The average molecular weight is 527 g/mol. The summed E-state index contributed by atoms with van der Waals surface area (Å²) in [5.41, 5.74) is 3.99. The summed E-state index contributed by atoms with van der Waals surface area (Å²) in [5.74, 6) is 2.16. The molecule has 38 heavy (non-hydrogen) atoms. The predicted molar refractivity (Wildman–Crippen MR) is 160 cm³/mol. The van der Waals surface area contributed by atoms with E-state index < -0.39 is 5.60 Å². The van der Waals surface area contributed by atoms with Crippen molar-refractivity contribution in [1.82, 2.24) is 0 Å². The van der Waals surface area contributed by atoms with E-state index in [9.17, 15) is 9.90 Å². The van der Waals surface area contributed by atoms with E-state index in [1.807, 2.05) is 13.8 Å². The number of ether oxygens (including phenoxy) is 1. The van der Waals surface area contributed by atoms with Crippen LogP contribution >= 0.6 is 0 Å². The smallest absolute Gasteiger partial charge is 0.306 e. The van der Waals surface area contributed by atoms with Gasteiger partial charge in [-0.2, -0.15) is 0 Å². The first-order chi connectivity index (χ1) is 18.0. The van der Waals surface area contributed by atoms with Gasteiger partial charge in [-0.25, -0.2) is 0 Å². The number of hydrogen-bond acceptors (Lipinski definition) is 3. The van der Waals surface area contributed by atoms with Crippen LogP contribution in [0.25, 0.3) is 0 Å². The van der Waals surface area contributed by atoms with Crippen molar-refractivity contribution < 1.29 is 14.6 Å². The van der Waals surface area contributed by atoms with Crippen molar-refractivity contribution >= 4 is 5.97 Å². The molecule has 1 N–H and O–H groups in total. The van der Waals surface area contributed by atoms with Gasteiger partial charge in [0.05, 0.1) is 5.60 Å². The Hall–Kier alpha value is -1.35. The SMILES string of the molecule is C=C1CC[C@H](OC(=O)CCCCCCC)C/C1=C/C=C1CCC[C@@]2(C)C1CC[C@@H]2[C@H](C)CCCC(C)(C)O. The highest BCUT2D eigenvalue weighted by Gasteiger charge is 2.50. The maximum atomic E-state index is 12.4. The Morgan fingerprint density at radius 3 is 2.63 bits per heavy atom. The first kappa shape index (κ1) is 31.2. The molecule has 216 valence electrons. The van der Waals surface area contributed by atoms with Crippen LogP contribution in [-0.4, -0.2) is 22.8 Å². The number of hydrogen-bond donors (Lipinski definition) is 1. The topological polar surface area (TPSA) is 46.5 Å². The molecule has 3 aliphatic carbocycles. The Kier molecular flexibility index (Phi) is 11.8. The Morgan fingerprint density at radius 1 is 1.13 bits per heavy atom. The van der Waals surface area contributed by atoms with Gasteiger partial charge in [0.1, 0.15) is 6.10 Å². The zero-order valence-corrected chi connectivity index (χ0v) is 25.5. The molecule has 3 saturated carbocycles. The van der Waals surface area contributed by atoms with Crippen molar-refractivity contribution in [2.75, 3.05) is 0 Å². The Labute approximate surface area is 234 Å². The largest absolute Gasteiger partial charge is 0.462 e. The first-order valence-corrected chi connectivity index (χ1v) is 16.0. The quantitative estimate of drug-likeness (QED) is 0.192. The molecule has 1 unspecified atom stereocenters. The summed E-state index contributed by atoms with van der Waals surface area (Å²) in [6, 6.07) is 0. The van der Waals surface area contributed by atoms with Crippen LogP contribution in [0.3, 0.4) is 0 Å². The van der Waals surface area contributed by atoms with Gasteiger partial charge in [0, 0.05) is 12.8 Å². The van der Waals surface area contributed by atoms with Crippen molar-refractivity contribution in [2.24, 2.45) is 23.2 Å². The standard InChI is InChI=1S/C35H58O3/c1-7-8-9-10-11-16-33(36)38-30-20-17-26(2)29(25-30)19-18-28-15-13-24-35(6)31(21-22-32(28)35)27(3)14-12-23-34(4,5)37/h18-19,27,30-32,37H,2,7-17,20-25H2,1,3-6H3/b28-18?,29-19-/t27-,30+,31-,32?,35-/m1/s1. The summed E-state index contributed by atoms with van der Waals surface area (Å²) in [4.78, 5) is 12.4. The number of aliphatic hydroxyl groups is 1. The van der Waals surface area contributed by atoms with Crippen molar-refractivity contribution in [3.63, 3.8) is 0 Å². The van der Waals surface area contributed by atoms with E-state index in [2.05, 4.69) is 39.5 Å². The molecule has 3 rings (SSSR count). The molecule has 3 nitrogen and oxygen atoms in total. The average Bonchev–Trinajstić information content (AvgIpc) is 3.21. The van der Waals surface area contributed by atoms with Crippen molar-refractivity contribution in [1.29, 1.82) is 0 Å². The third-order valence-electron chi connectivity index (χ3n) is 10.1. The molecular weight excluding hydrogens is 468 g/mol. The second kappa shape index (κ2) is 14.3. The number of carbonyl (C=O) groups is 1. The van der Waals surface area contributed by atoms with Gasteiger partial charge in [0.2, 0.25) is 0 Å². The lowest BCUT2D eigenvalue weighted by Crippen LogP contribution is -2.36. The van der Waals surface area contributed by atoms with E-state index in [1.54, 1.807) is 5.57 Å². The summed E-state index contributed by atoms with van der Waals surface area (Å²) < 4.78 is 5.89. The summed E-state index contributed by atoms with van der Waals surface area (Å²) in [6.45, 7) is 15.5. The number of fused-ring (bicyclic) bond motifs is 1. The van der Waals surface area contributed by atoms with Crippen LogP contribution in [-0.2, 0) is 9.53 Å². The van der Waals surface area contributed by atoms with Crippen molar-refractivity contribution in [2.45, 2.75) is 155 Å². The zero-order chi connectivity index (χ0) is 27.8. The molecule has 3 heteroatoms. The zero-order valence-electron chi connectivity index (χ0n) is 25.5. The molecule has 5 atom stereocenters.